The smallest absolute Gasteiger partial charge is 0.0857 e. The average molecular weight is 281 g/mol. The molecular formula is C16H31N3O. The highest BCUT2D eigenvalue weighted by molar-refractivity contribution is 5.25. The molecule has 4 heteroatoms. The van der Waals surface area contributed by atoms with Crippen LogP contribution in [0.5, 0.6) is 0 Å². The highest BCUT2D eigenvalue weighted by atomic mass is 16.3. The Morgan fingerprint density at radius 3 is 2.55 bits per heavy atom. The van der Waals surface area contributed by atoms with Crippen molar-refractivity contribution < 1.29 is 5.11 Å². The monoisotopic (exact) mass is 281 g/mol. The minimum absolute atomic E-state index is 0.0929. The second-order valence-corrected chi connectivity index (χ2v) is 6.87. The van der Waals surface area contributed by atoms with Crippen LogP contribution in [0.15, 0.2) is 23.4 Å². The van der Waals surface area contributed by atoms with Crippen molar-refractivity contribution in [3.8, 4) is 0 Å². The van der Waals surface area contributed by atoms with Gasteiger partial charge < -0.3 is 10.1 Å². The number of hydrogen-bond acceptors (Lipinski definition) is 4. The summed E-state index contributed by atoms with van der Waals surface area (Å²) in [6, 6.07) is -0.0929. The van der Waals surface area contributed by atoms with Crippen LogP contribution < -0.4 is 5.84 Å². The van der Waals surface area contributed by atoms with Crippen molar-refractivity contribution >= 4 is 0 Å². The van der Waals surface area contributed by atoms with Crippen LogP contribution in [0.1, 0.15) is 41.0 Å². The zero-order valence-electron chi connectivity index (χ0n) is 13.8. The van der Waals surface area contributed by atoms with E-state index in [9.17, 15) is 5.11 Å². The molecule has 0 bridgehead atoms. The summed E-state index contributed by atoms with van der Waals surface area (Å²) in [5.74, 6) is 6.88. The van der Waals surface area contributed by atoms with Gasteiger partial charge in [0.15, 0.2) is 0 Å². The van der Waals surface area contributed by atoms with Gasteiger partial charge in [0.25, 0.3) is 0 Å². The summed E-state index contributed by atoms with van der Waals surface area (Å²) >= 11 is 0. The van der Waals surface area contributed by atoms with Gasteiger partial charge in [-0.25, -0.2) is 5.84 Å². The van der Waals surface area contributed by atoms with Crippen molar-refractivity contribution in [3.05, 3.63) is 23.4 Å². The lowest BCUT2D eigenvalue weighted by Crippen LogP contribution is -2.61. The first-order valence-electron chi connectivity index (χ1n) is 7.45. The Morgan fingerprint density at radius 1 is 1.50 bits per heavy atom. The molecule has 1 saturated heterocycles. The van der Waals surface area contributed by atoms with Crippen molar-refractivity contribution in [1.29, 1.82) is 0 Å². The topological polar surface area (TPSA) is 52.7 Å². The van der Waals surface area contributed by atoms with Crippen LogP contribution in [0.2, 0.25) is 0 Å². The summed E-state index contributed by atoms with van der Waals surface area (Å²) < 4.78 is 0. The molecule has 0 aromatic carbocycles. The van der Waals surface area contributed by atoms with E-state index in [0.29, 0.717) is 5.92 Å². The SMILES string of the molecule is C/C=C(\C=C1\CN(C)CC(C(C)(C)O)N1N)CC(C)C. The molecule has 1 unspecified atom stereocenters. The third-order valence-electron chi connectivity index (χ3n) is 3.77. The van der Waals surface area contributed by atoms with Crippen molar-refractivity contribution in [2.75, 3.05) is 20.1 Å². The molecule has 0 spiro atoms. The molecule has 0 aromatic rings. The zero-order chi connectivity index (χ0) is 15.5. The number of hydrogen-bond donors (Lipinski definition) is 2. The first kappa shape index (κ1) is 17.2. The molecule has 0 aliphatic carbocycles. The van der Waals surface area contributed by atoms with Gasteiger partial charge in [-0.3, -0.25) is 4.90 Å². The fraction of sp³-hybridized carbons (Fsp3) is 0.750. The molecule has 1 aliphatic rings. The number of nitrogens with zero attached hydrogens (tertiary/aromatic N) is 2. The third-order valence-corrected chi connectivity index (χ3v) is 3.77. The van der Waals surface area contributed by atoms with Gasteiger partial charge in [-0.05, 0) is 46.2 Å². The molecule has 1 aliphatic heterocycles. The van der Waals surface area contributed by atoms with Crippen LogP contribution in [0.4, 0.5) is 0 Å². The van der Waals surface area contributed by atoms with Crippen molar-refractivity contribution in [3.63, 3.8) is 0 Å². The minimum Gasteiger partial charge on any atom is -0.388 e. The van der Waals surface area contributed by atoms with E-state index in [2.05, 4.69) is 44.9 Å². The third kappa shape index (κ3) is 4.62. The number of likely N-dealkylation sites (N-methyl/N-ethyl adjacent to an activating group) is 1. The van der Waals surface area contributed by atoms with E-state index in [4.69, 9.17) is 5.84 Å². The lowest BCUT2D eigenvalue weighted by atomic mass is 9.94. The van der Waals surface area contributed by atoms with Gasteiger partial charge >= 0.3 is 0 Å². The van der Waals surface area contributed by atoms with Crippen molar-refractivity contribution in [2.24, 2.45) is 11.8 Å². The quantitative estimate of drug-likeness (QED) is 0.775. The lowest BCUT2D eigenvalue weighted by molar-refractivity contribution is -0.0358. The van der Waals surface area contributed by atoms with Crippen molar-refractivity contribution in [1.82, 2.24) is 9.91 Å². The second-order valence-electron chi connectivity index (χ2n) is 6.87. The lowest BCUT2D eigenvalue weighted by Gasteiger charge is -2.45. The normalized spacial score (nSPS) is 24.9. The molecule has 3 N–H and O–H groups in total. The summed E-state index contributed by atoms with van der Waals surface area (Å²) in [7, 11) is 2.07. The number of aliphatic hydroxyl groups is 1. The molecule has 0 amide bonds. The molecule has 1 rings (SSSR count). The van der Waals surface area contributed by atoms with Gasteiger partial charge in [-0.2, -0.15) is 0 Å². The molecule has 1 atom stereocenters. The largest absolute Gasteiger partial charge is 0.388 e. The molecule has 0 saturated carbocycles. The zero-order valence-corrected chi connectivity index (χ0v) is 13.8. The van der Waals surface area contributed by atoms with E-state index in [1.54, 1.807) is 5.01 Å². The van der Waals surface area contributed by atoms with Crippen LogP contribution in [0.25, 0.3) is 0 Å². The highest BCUT2D eigenvalue weighted by Crippen LogP contribution is 2.24. The minimum atomic E-state index is -0.823. The Kier molecular flexibility index (Phi) is 5.80. The Bertz CT molecular complexity index is 380. The Balaban J connectivity index is 2.98. The van der Waals surface area contributed by atoms with E-state index in [1.807, 2.05) is 13.8 Å². The molecule has 116 valence electrons. The van der Waals surface area contributed by atoms with Gasteiger partial charge in [-0.1, -0.05) is 25.5 Å². The standard InChI is InChI=1S/C16H31N3O/c1-7-13(8-12(2)3)9-14-10-18(6)11-15(19(14)17)16(4,5)20/h7,9,12,15,20H,8,10-11,17H2,1-6H3/b13-7-,14-9-. The number of piperazine rings is 1. The van der Waals surface area contributed by atoms with Crippen molar-refractivity contribution in [2.45, 2.75) is 52.7 Å². The van der Waals surface area contributed by atoms with E-state index >= 15 is 0 Å². The summed E-state index contributed by atoms with van der Waals surface area (Å²) in [6.45, 7) is 11.7. The van der Waals surface area contributed by atoms with Gasteiger partial charge in [0.05, 0.1) is 11.6 Å². The van der Waals surface area contributed by atoms with Crippen LogP contribution in [0.3, 0.4) is 0 Å². The molecule has 20 heavy (non-hydrogen) atoms. The van der Waals surface area contributed by atoms with Crippen LogP contribution in [0, 0.1) is 5.92 Å². The van der Waals surface area contributed by atoms with Gasteiger partial charge in [0.1, 0.15) is 0 Å². The fourth-order valence-corrected chi connectivity index (χ4v) is 2.64. The summed E-state index contributed by atoms with van der Waals surface area (Å²) in [5.41, 5.74) is 1.55. The first-order valence-corrected chi connectivity index (χ1v) is 7.45. The Labute approximate surface area is 123 Å². The predicted octanol–water partition coefficient (Wildman–Crippen LogP) is 2.12. The number of hydrazine groups is 1. The second kappa shape index (κ2) is 6.74. The fourth-order valence-electron chi connectivity index (χ4n) is 2.64. The molecule has 0 aromatic heterocycles. The van der Waals surface area contributed by atoms with E-state index in [1.165, 1.54) is 5.57 Å². The maximum absolute atomic E-state index is 10.3. The van der Waals surface area contributed by atoms with Crippen LogP contribution in [-0.4, -0.2) is 46.8 Å². The molecule has 1 fully saturated rings. The number of rotatable bonds is 4. The van der Waals surface area contributed by atoms with E-state index < -0.39 is 5.60 Å². The molecule has 1 heterocycles. The Hall–Kier alpha value is -0.840. The molecule has 4 nitrogen and oxygen atoms in total. The van der Waals surface area contributed by atoms with Crippen LogP contribution in [-0.2, 0) is 0 Å². The Morgan fingerprint density at radius 2 is 2.10 bits per heavy atom. The predicted molar refractivity (Wildman–Crippen MR) is 84.9 cm³/mol. The van der Waals surface area contributed by atoms with Gasteiger partial charge in [-0.15, -0.1) is 0 Å². The van der Waals surface area contributed by atoms with E-state index in [-0.39, 0.29) is 6.04 Å². The summed E-state index contributed by atoms with van der Waals surface area (Å²) in [4.78, 5) is 2.21. The highest BCUT2D eigenvalue weighted by Gasteiger charge is 2.36. The first-order chi connectivity index (χ1) is 9.15. The maximum Gasteiger partial charge on any atom is 0.0857 e. The van der Waals surface area contributed by atoms with E-state index in [0.717, 1.165) is 25.2 Å². The molecule has 0 radical (unpaired) electrons. The number of allylic oxidation sites excluding steroid dienone is 3. The molecular weight excluding hydrogens is 250 g/mol. The summed E-state index contributed by atoms with van der Waals surface area (Å²) in [6.07, 6.45) is 5.37. The average Bonchev–Trinajstić information content (AvgIpc) is 2.30. The number of nitrogens with two attached hydrogens (primary N) is 1. The van der Waals surface area contributed by atoms with Gasteiger partial charge in [0, 0.05) is 18.8 Å². The summed E-state index contributed by atoms with van der Waals surface area (Å²) in [5, 5.41) is 12.0. The maximum atomic E-state index is 10.3. The van der Waals surface area contributed by atoms with Crippen LogP contribution >= 0.6 is 0 Å². The van der Waals surface area contributed by atoms with Gasteiger partial charge in [0.2, 0.25) is 0 Å².